The molecule has 1 aliphatic rings. The van der Waals surface area contributed by atoms with Crippen LogP contribution in [0.25, 0.3) is 22.2 Å². The fourth-order valence-corrected chi connectivity index (χ4v) is 4.60. The van der Waals surface area contributed by atoms with Gasteiger partial charge in [0.15, 0.2) is 0 Å². The molecule has 1 saturated heterocycles. The van der Waals surface area contributed by atoms with Gasteiger partial charge in [-0.05, 0) is 40.8 Å². The Morgan fingerprint density at radius 2 is 1.76 bits per heavy atom. The van der Waals surface area contributed by atoms with Gasteiger partial charge < -0.3 is 21.1 Å². The van der Waals surface area contributed by atoms with Gasteiger partial charge in [-0.3, -0.25) is 19.0 Å². The van der Waals surface area contributed by atoms with Gasteiger partial charge in [0, 0.05) is 49.2 Å². The highest BCUT2D eigenvalue weighted by Gasteiger charge is 2.37. The predicted octanol–water partition coefficient (Wildman–Crippen LogP) is 1.94. The largest absolute Gasteiger partial charge is 0.508 e. The summed E-state index contributed by atoms with van der Waals surface area (Å²) in [6.45, 7) is 5.21. The number of aromatic hydroxyl groups is 1. The highest BCUT2D eigenvalue weighted by molar-refractivity contribution is 6.01. The molecule has 1 fully saturated rings. The maximum Gasteiger partial charge on any atom is 0.265 e. The average molecular weight is 514 g/mol. The number of carbonyl (C=O) groups excluding carboxylic acids is 2. The summed E-state index contributed by atoms with van der Waals surface area (Å²) in [5.74, 6) is -0.599. The van der Waals surface area contributed by atoms with Crippen LogP contribution in [-0.2, 0) is 17.9 Å². The first-order chi connectivity index (χ1) is 18.1. The summed E-state index contributed by atoms with van der Waals surface area (Å²) < 4.78 is 1.25. The monoisotopic (exact) mass is 513 g/mol. The van der Waals surface area contributed by atoms with Gasteiger partial charge in [0.1, 0.15) is 23.5 Å². The molecule has 0 radical (unpaired) electrons. The molecular formula is C27H27N7O4. The number of phenols is 1. The summed E-state index contributed by atoms with van der Waals surface area (Å²) in [5, 5.41) is 12.7. The third-order valence-corrected chi connectivity index (χ3v) is 6.49. The minimum atomic E-state index is -0.618. The molecule has 4 N–H and O–H groups in total. The number of nitrogens with one attached hydrogen (secondary N) is 1. The summed E-state index contributed by atoms with van der Waals surface area (Å²) in [5.41, 5.74) is 7.19. The Kier molecular flexibility index (Phi) is 6.27. The smallest absolute Gasteiger partial charge is 0.265 e. The number of phenolic OH excluding ortho intramolecular Hbond substituents is 1. The van der Waals surface area contributed by atoms with Crippen molar-refractivity contribution in [1.29, 1.82) is 0 Å². The van der Waals surface area contributed by atoms with E-state index in [1.54, 1.807) is 35.5 Å². The molecule has 0 atom stereocenters. The minimum Gasteiger partial charge on any atom is -0.508 e. The van der Waals surface area contributed by atoms with Gasteiger partial charge in [-0.1, -0.05) is 26.0 Å². The van der Waals surface area contributed by atoms with E-state index in [-0.39, 0.29) is 47.3 Å². The van der Waals surface area contributed by atoms with Crippen molar-refractivity contribution in [2.24, 2.45) is 5.41 Å². The quantitative estimate of drug-likeness (QED) is 0.353. The number of likely N-dealkylation sites (tertiary alicyclic amines) is 1. The third kappa shape index (κ3) is 4.90. The van der Waals surface area contributed by atoms with Crippen molar-refractivity contribution in [2.45, 2.75) is 26.9 Å². The van der Waals surface area contributed by atoms with Crippen LogP contribution in [0.4, 0.5) is 5.95 Å². The van der Waals surface area contributed by atoms with Crippen LogP contribution in [-0.4, -0.2) is 54.4 Å². The molecule has 1 aromatic carbocycles. The number of nitrogen functional groups attached to an aromatic ring is 1. The molecule has 3 aromatic heterocycles. The van der Waals surface area contributed by atoms with E-state index in [2.05, 4.69) is 34.1 Å². The van der Waals surface area contributed by atoms with Crippen molar-refractivity contribution in [3.05, 3.63) is 76.5 Å². The van der Waals surface area contributed by atoms with E-state index >= 15 is 0 Å². The Bertz CT molecular complexity index is 1590. The molecular weight excluding hydrogens is 486 g/mol. The van der Waals surface area contributed by atoms with Crippen molar-refractivity contribution in [1.82, 2.24) is 29.7 Å². The zero-order valence-electron chi connectivity index (χ0n) is 21.0. The van der Waals surface area contributed by atoms with Gasteiger partial charge in [-0.15, -0.1) is 0 Å². The fourth-order valence-electron chi connectivity index (χ4n) is 4.60. The van der Waals surface area contributed by atoms with Crippen molar-refractivity contribution in [2.75, 3.05) is 18.8 Å². The Balaban J connectivity index is 1.57. The normalized spacial score (nSPS) is 14.2. The Morgan fingerprint density at radius 1 is 1.08 bits per heavy atom. The van der Waals surface area contributed by atoms with Crippen molar-refractivity contribution in [3.63, 3.8) is 0 Å². The maximum absolute atomic E-state index is 13.6. The standard InChI is InChI=1S/C27H27N7O4/c1-27(2)14-33(15-27)22(36)13-34-23-20(19(7-8-29-23)17-11-31-26(28)32-12-17)9-21(25(34)38)24(37)30-10-16-3-5-18(35)6-4-16/h3-9,11-12,35H,10,13-15H2,1-2H3,(H,30,37)(H2,28,31,32). The van der Waals surface area contributed by atoms with E-state index in [0.29, 0.717) is 29.6 Å². The molecule has 0 aliphatic carbocycles. The lowest BCUT2D eigenvalue weighted by Crippen LogP contribution is -2.56. The van der Waals surface area contributed by atoms with E-state index in [9.17, 15) is 19.5 Å². The summed E-state index contributed by atoms with van der Waals surface area (Å²) in [6.07, 6.45) is 4.63. The van der Waals surface area contributed by atoms with Crippen molar-refractivity contribution in [3.8, 4) is 16.9 Å². The molecule has 5 rings (SSSR count). The van der Waals surface area contributed by atoms with Crippen LogP contribution < -0.4 is 16.6 Å². The van der Waals surface area contributed by atoms with Crippen molar-refractivity contribution >= 4 is 28.8 Å². The highest BCUT2D eigenvalue weighted by Crippen LogP contribution is 2.30. The number of benzene rings is 1. The maximum atomic E-state index is 13.6. The number of pyridine rings is 2. The summed E-state index contributed by atoms with van der Waals surface area (Å²) in [6, 6.07) is 9.58. The van der Waals surface area contributed by atoms with Gasteiger partial charge in [-0.25, -0.2) is 15.0 Å². The third-order valence-electron chi connectivity index (χ3n) is 6.49. The number of amides is 2. The van der Waals surface area contributed by atoms with Crippen LogP contribution in [0.2, 0.25) is 0 Å². The molecule has 0 saturated carbocycles. The van der Waals surface area contributed by atoms with Crippen LogP contribution in [0.3, 0.4) is 0 Å². The first kappa shape index (κ1) is 24.9. The lowest BCUT2D eigenvalue weighted by Gasteiger charge is -2.45. The lowest BCUT2D eigenvalue weighted by molar-refractivity contribution is -0.142. The summed E-state index contributed by atoms with van der Waals surface area (Å²) in [7, 11) is 0. The van der Waals surface area contributed by atoms with Crippen LogP contribution in [0.1, 0.15) is 29.8 Å². The second kappa shape index (κ2) is 9.58. The number of fused-ring (bicyclic) bond motifs is 1. The molecule has 194 valence electrons. The van der Waals surface area contributed by atoms with Gasteiger partial charge in [0.2, 0.25) is 11.9 Å². The van der Waals surface area contributed by atoms with Crippen LogP contribution in [0, 0.1) is 5.41 Å². The lowest BCUT2D eigenvalue weighted by atomic mass is 9.84. The molecule has 11 nitrogen and oxygen atoms in total. The van der Waals surface area contributed by atoms with Crippen LogP contribution in [0.15, 0.2) is 59.8 Å². The number of hydrogen-bond donors (Lipinski definition) is 3. The predicted molar refractivity (Wildman–Crippen MR) is 141 cm³/mol. The summed E-state index contributed by atoms with van der Waals surface area (Å²) in [4.78, 5) is 54.1. The fraction of sp³-hybridized carbons (Fsp3) is 0.259. The Morgan fingerprint density at radius 3 is 2.42 bits per heavy atom. The van der Waals surface area contributed by atoms with E-state index in [1.165, 1.54) is 29.0 Å². The van der Waals surface area contributed by atoms with E-state index in [4.69, 9.17) is 5.73 Å². The van der Waals surface area contributed by atoms with E-state index in [1.807, 2.05) is 0 Å². The number of nitrogens with zero attached hydrogens (tertiary/aromatic N) is 5. The van der Waals surface area contributed by atoms with Crippen LogP contribution in [0.5, 0.6) is 5.75 Å². The number of anilines is 1. The van der Waals surface area contributed by atoms with E-state index < -0.39 is 11.5 Å². The van der Waals surface area contributed by atoms with E-state index in [0.717, 1.165) is 5.56 Å². The van der Waals surface area contributed by atoms with Gasteiger partial charge in [-0.2, -0.15) is 0 Å². The molecule has 38 heavy (non-hydrogen) atoms. The molecule has 2 amide bonds. The second-order valence-corrected chi connectivity index (χ2v) is 10.1. The molecule has 0 unspecified atom stereocenters. The van der Waals surface area contributed by atoms with Crippen LogP contribution >= 0.6 is 0 Å². The molecule has 0 bridgehead atoms. The number of hydrogen-bond acceptors (Lipinski definition) is 8. The van der Waals surface area contributed by atoms with Gasteiger partial charge in [0.25, 0.3) is 11.5 Å². The zero-order valence-corrected chi connectivity index (χ0v) is 21.0. The molecule has 11 heteroatoms. The molecule has 4 aromatic rings. The Labute approximate surface area is 218 Å². The molecule has 4 heterocycles. The van der Waals surface area contributed by atoms with Crippen molar-refractivity contribution < 1.29 is 14.7 Å². The number of nitrogens with two attached hydrogens (primary N) is 1. The van der Waals surface area contributed by atoms with Gasteiger partial charge >= 0.3 is 0 Å². The summed E-state index contributed by atoms with van der Waals surface area (Å²) >= 11 is 0. The first-order valence-electron chi connectivity index (χ1n) is 12.1. The number of carbonyl (C=O) groups is 2. The first-order valence-corrected chi connectivity index (χ1v) is 12.1. The zero-order chi connectivity index (χ0) is 27.0. The van der Waals surface area contributed by atoms with Gasteiger partial charge in [0.05, 0.1) is 0 Å². The Hall–Kier alpha value is -4.80. The molecule has 0 spiro atoms. The SMILES string of the molecule is CC1(C)CN(C(=O)Cn2c(=O)c(C(=O)NCc3ccc(O)cc3)cc3c(-c4cnc(N)nc4)ccnc32)C1. The number of aromatic nitrogens is 4. The second-order valence-electron chi connectivity index (χ2n) is 10.1. The highest BCUT2D eigenvalue weighted by atomic mass is 16.3. The average Bonchev–Trinajstić information content (AvgIpc) is 2.88. The molecule has 1 aliphatic heterocycles. The topological polar surface area (TPSA) is 156 Å². The number of rotatable bonds is 6. The minimum absolute atomic E-state index is 0.0270.